The van der Waals surface area contributed by atoms with Gasteiger partial charge < -0.3 is 19.7 Å². The van der Waals surface area contributed by atoms with E-state index >= 15 is 0 Å². The lowest BCUT2D eigenvalue weighted by Gasteiger charge is -2.28. The summed E-state index contributed by atoms with van der Waals surface area (Å²) in [5.41, 5.74) is 3.16. The van der Waals surface area contributed by atoms with Crippen molar-refractivity contribution in [2.75, 3.05) is 51.4 Å². The van der Waals surface area contributed by atoms with Crippen molar-refractivity contribution in [1.29, 1.82) is 0 Å². The van der Waals surface area contributed by atoms with Crippen molar-refractivity contribution < 1.29 is 9.47 Å². The summed E-state index contributed by atoms with van der Waals surface area (Å²) in [6.07, 6.45) is 1.79. The van der Waals surface area contributed by atoms with Crippen LogP contribution in [0.25, 0.3) is 0 Å². The van der Waals surface area contributed by atoms with Crippen LogP contribution in [0.5, 0.6) is 6.01 Å². The van der Waals surface area contributed by atoms with Gasteiger partial charge in [0.25, 0.3) is 0 Å². The Morgan fingerprint density at radius 3 is 2.89 bits per heavy atom. The molecule has 1 aromatic carbocycles. The van der Waals surface area contributed by atoms with Crippen LogP contribution in [0.2, 0.25) is 0 Å². The topological polar surface area (TPSA) is 71.9 Å². The van der Waals surface area contributed by atoms with Gasteiger partial charge in [0.05, 0.1) is 25.5 Å². The van der Waals surface area contributed by atoms with Gasteiger partial charge in [-0.2, -0.15) is 9.97 Å². The second-order valence-electron chi connectivity index (χ2n) is 6.44. The van der Waals surface area contributed by atoms with Gasteiger partial charge in [0.2, 0.25) is 0 Å². The normalized spacial score (nSPS) is 14.7. The number of likely N-dealkylation sites (N-methyl/N-ethyl adjacent to an activating group) is 1. The number of aromatic nitrogens is 2. The van der Waals surface area contributed by atoms with Crippen LogP contribution in [-0.2, 0) is 11.3 Å². The number of nitrogens with zero attached hydrogens (tertiary/aromatic N) is 4. The molecule has 144 valence electrons. The van der Waals surface area contributed by atoms with E-state index in [4.69, 9.17) is 9.47 Å². The molecule has 2 heterocycles. The van der Waals surface area contributed by atoms with E-state index in [-0.39, 0.29) is 0 Å². The van der Waals surface area contributed by atoms with Crippen LogP contribution in [0.1, 0.15) is 16.8 Å². The number of aryl methyl sites for hydroxylation is 1. The van der Waals surface area contributed by atoms with Crippen molar-refractivity contribution in [3.05, 3.63) is 47.2 Å². The molecule has 1 N–H and O–H groups in total. The fraction of sp³-hybridized carbons (Fsp3) is 0.450. The first-order chi connectivity index (χ1) is 13.2. The number of hydrogen-bond acceptors (Lipinski definition) is 7. The monoisotopic (exact) mass is 369 g/mol. The lowest BCUT2D eigenvalue weighted by molar-refractivity contribution is 0.122. The number of rotatable bonds is 8. The summed E-state index contributed by atoms with van der Waals surface area (Å²) >= 11 is 0. The molecule has 1 aliphatic heterocycles. The molecule has 0 saturated carbocycles. The zero-order valence-electron chi connectivity index (χ0n) is 16.0. The molecule has 7 heteroatoms. The predicted molar refractivity (Wildman–Crippen MR) is 107 cm³/mol. The minimum atomic E-state index is 0.381. The van der Waals surface area contributed by atoms with Gasteiger partial charge in [0.15, 0.2) is 0 Å². The van der Waals surface area contributed by atoms with E-state index in [2.05, 4.69) is 56.4 Å². The first-order valence-electron chi connectivity index (χ1n) is 9.29. The van der Waals surface area contributed by atoms with Crippen LogP contribution in [-0.4, -0.2) is 62.7 Å². The van der Waals surface area contributed by atoms with Gasteiger partial charge in [0.1, 0.15) is 12.4 Å². The highest BCUT2D eigenvalue weighted by molar-refractivity contribution is 5.78. The number of hydrogen-bond donors (Lipinski definition) is 1. The highest BCUT2D eigenvalue weighted by Crippen LogP contribution is 2.17. The highest BCUT2D eigenvalue weighted by Gasteiger charge is 2.15. The maximum atomic E-state index is 5.69. The largest absolute Gasteiger partial charge is 0.462 e. The number of benzene rings is 1. The Kier molecular flexibility index (Phi) is 7.12. The Morgan fingerprint density at radius 1 is 1.26 bits per heavy atom. The molecule has 0 atom stereocenters. The minimum absolute atomic E-state index is 0.381. The lowest BCUT2D eigenvalue weighted by Crippen LogP contribution is -2.37. The SMILES string of the molecule is CNCCOc1nc(C=NCc2cccc(C)c2)cc(N2CCOCC2)n1. The third-order valence-corrected chi connectivity index (χ3v) is 4.21. The molecule has 2 aromatic rings. The Balaban J connectivity index is 1.74. The summed E-state index contributed by atoms with van der Waals surface area (Å²) in [5, 5.41) is 3.05. The van der Waals surface area contributed by atoms with Crippen LogP contribution in [0.15, 0.2) is 35.3 Å². The molecule has 0 bridgehead atoms. The van der Waals surface area contributed by atoms with Crippen molar-refractivity contribution in [2.24, 2.45) is 4.99 Å². The average molecular weight is 369 g/mol. The van der Waals surface area contributed by atoms with Crippen molar-refractivity contribution >= 4 is 12.0 Å². The second-order valence-corrected chi connectivity index (χ2v) is 6.44. The Labute approximate surface area is 160 Å². The van der Waals surface area contributed by atoms with Gasteiger partial charge in [-0.05, 0) is 19.5 Å². The molecule has 3 rings (SSSR count). The number of nitrogens with one attached hydrogen (secondary N) is 1. The molecule has 1 saturated heterocycles. The quantitative estimate of drug-likeness (QED) is 0.565. The molecule has 0 spiro atoms. The van der Waals surface area contributed by atoms with Gasteiger partial charge in [-0.1, -0.05) is 29.8 Å². The van der Waals surface area contributed by atoms with E-state index in [0.29, 0.717) is 32.4 Å². The first-order valence-corrected chi connectivity index (χ1v) is 9.29. The molecule has 0 unspecified atom stereocenters. The maximum absolute atomic E-state index is 5.69. The molecule has 0 aliphatic carbocycles. The lowest BCUT2D eigenvalue weighted by atomic mass is 10.1. The summed E-state index contributed by atoms with van der Waals surface area (Å²) in [5.74, 6) is 0.852. The number of aliphatic imine (C=N–C) groups is 1. The zero-order valence-corrected chi connectivity index (χ0v) is 16.0. The zero-order chi connectivity index (χ0) is 18.9. The van der Waals surface area contributed by atoms with E-state index < -0.39 is 0 Å². The molecular formula is C20H27N5O2. The third kappa shape index (κ3) is 6.01. The van der Waals surface area contributed by atoms with Crippen LogP contribution in [0.3, 0.4) is 0 Å². The minimum Gasteiger partial charge on any atom is -0.462 e. The number of anilines is 1. The molecular weight excluding hydrogens is 342 g/mol. The summed E-state index contributed by atoms with van der Waals surface area (Å²) in [6.45, 7) is 6.99. The average Bonchev–Trinajstić information content (AvgIpc) is 2.69. The number of ether oxygens (including phenoxy) is 2. The molecule has 27 heavy (non-hydrogen) atoms. The summed E-state index contributed by atoms with van der Waals surface area (Å²) < 4.78 is 11.1. The molecule has 1 aromatic heterocycles. The second kappa shape index (κ2) is 9.99. The van der Waals surface area contributed by atoms with Gasteiger partial charge in [-0.25, -0.2) is 0 Å². The van der Waals surface area contributed by atoms with Gasteiger partial charge in [-0.3, -0.25) is 4.99 Å². The third-order valence-electron chi connectivity index (χ3n) is 4.21. The smallest absolute Gasteiger partial charge is 0.319 e. The van der Waals surface area contributed by atoms with E-state index in [1.807, 2.05) is 13.1 Å². The van der Waals surface area contributed by atoms with Crippen molar-refractivity contribution in [1.82, 2.24) is 15.3 Å². The Hall–Kier alpha value is -2.51. The van der Waals surface area contributed by atoms with Crippen molar-refractivity contribution in [3.63, 3.8) is 0 Å². The van der Waals surface area contributed by atoms with Crippen LogP contribution in [0, 0.1) is 6.92 Å². The predicted octanol–water partition coefficient (Wildman–Crippen LogP) is 1.84. The molecule has 1 aliphatic rings. The summed E-state index contributed by atoms with van der Waals surface area (Å²) in [4.78, 5) is 15.8. The summed E-state index contributed by atoms with van der Waals surface area (Å²) in [6, 6.07) is 10.7. The molecule has 0 radical (unpaired) electrons. The highest BCUT2D eigenvalue weighted by atomic mass is 16.5. The molecule has 7 nitrogen and oxygen atoms in total. The fourth-order valence-corrected chi connectivity index (χ4v) is 2.81. The van der Waals surface area contributed by atoms with Crippen molar-refractivity contribution in [3.8, 4) is 6.01 Å². The first kappa shape index (κ1) is 19.3. The van der Waals surface area contributed by atoms with Crippen LogP contribution in [0.4, 0.5) is 5.82 Å². The van der Waals surface area contributed by atoms with Gasteiger partial charge >= 0.3 is 6.01 Å². The summed E-state index contributed by atoms with van der Waals surface area (Å²) in [7, 11) is 1.89. The van der Waals surface area contributed by atoms with E-state index in [0.717, 1.165) is 31.1 Å². The Morgan fingerprint density at radius 2 is 2.11 bits per heavy atom. The van der Waals surface area contributed by atoms with Crippen LogP contribution >= 0.6 is 0 Å². The fourth-order valence-electron chi connectivity index (χ4n) is 2.81. The van der Waals surface area contributed by atoms with Crippen molar-refractivity contribution in [2.45, 2.75) is 13.5 Å². The van der Waals surface area contributed by atoms with Crippen LogP contribution < -0.4 is 15.0 Å². The molecule has 1 fully saturated rings. The maximum Gasteiger partial charge on any atom is 0.319 e. The number of morpholine rings is 1. The Bertz CT molecular complexity index is 760. The van der Waals surface area contributed by atoms with Gasteiger partial charge in [-0.15, -0.1) is 0 Å². The standard InChI is InChI=1S/C20H27N5O2/c1-16-4-3-5-17(12-16)14-22-15-18-13-19(25-7-10-26-11-8-25)24-20(23-18)27-9-6-21-2/h3-5,12-13,15,21H,6-11,14H2,1-2H3. The van der Waals surface area contributed by atoms with E-state index in [1.165, 1.54) is 11.1 Å². The van der Waals surface area contributed by atoms with Gasteiger partial charge in [0, 0.05) is 31.9 Å². The van der Waals surface area contributed by atoms with E-state index in [9.17, 15) is 0 Å². The molecule has 0 amide bonds. The van der Waals surface area contributed by atoms with E-state index in [1.54, 1.807) is 6.21 Å².